The summed E-state index contributed by atoms with van der Waals surface area (Å²) in [6, 6.07) is 2.29. The van der Waals surface area contributed by atoms with Crippen molar-refractivity contribution in [2.24, 2.45) is 0 Å². The Bertz CT molecular complexity index is 405. The van der Waals surface area contributed by atoms with E-state index in [2.05, 4.69) is 45.8 Å². The summed E-state index contributed by atoms with van der Waals surface area (Å²) in [7, 11) is 4.34. The van der Waals surface area contributed by atoms with Crippen LogP contribution in [0.1, 0.15) is 71.3 Å². The van der Waals surface area contributed by atoms with E-state index in [1.165, 1.54) is 71.2 Å². The van der Waals surface area contributed by atoms with E-state index in [9.17, 15) is 0 Å². The molecule has 0 aliphatic carbocycles. The van der Waals surface area contributed by atoms with Gasteiger partial charge in [0.05, 0.1) is 0 Å². The summed E-state index contributed by atoms with van der Waals surface area (Å²) in [4.78, 5) is 2.29. The third-order valence-corrected chi connectivity index (χ3v) is 20.5. The number of unbranched alkanes of at least 4 members (excludes halogenated alkanes) is 3. The zero-order chi connectivity index (χ0) is 17.8. The molecular weight excluding hydrogens is 401 g/mol. The van der Waals surface area contributed by atoms with Crippen LogP contribution in [0.4, 0.5) is 0 Å². The SMILES string of the molecule is CCC[CH2][Sn]([CH2]CCC)([CH2]CCC)[c]1occc1CCCN(C)C. The van der Waals surface area contributed by atoms with E-state index in [0.29, 0.717) is 0 Å². The van der Waals surface area contributed by atoms with Crippen LogP contribution < -0.4 is 3.78 Å². The molecule has 0 unspecified atom stereocenters. The quantitative estimate of drug-likeness (QED) is 0.337. The van der Waals surface area contributed by atoms with Gasteiger partial charge < -0.3 is 0 Å². The minimum absolute atomic E-state index is 1.17. The van der Waals surface area contributed by atoms with Crippen LogP contribution in [0.2, 0.25) is 13.3 Å². The normalized spacial score (nSPS) is 12.2. The van der Waals surface area contributed by atoms with Crippen LogP contribution >= 0.6 is 0 Å². The van der Waals surface area contributed by atoms with Crippen molar-refractivity contribution in [1.82, 2.24) is 4.90 Å². The second-order valence-corrected chi connectivity index (χ2v) is 20.7. The average Bonchev–Trinajstić information content (AvgIpc) is 3.03. The predicted octanol–water partition coefficient (Wildman–Crippen LogP) is 5.83. The zero-order valence-corrected chi connectivity index (χ0v) is 19.8. The summed E-state index contributed by atoms with van der Waals surface area (Å²) in [5.41, 5.74) is 1.57. The summed E-state index contributed by atoms with van der Waals surface area (Å²) in [5.74, 6) is 0. The summed E-state index contributed by atoms with van der Waals surface area (Å²) in [6.45, 7) is 8.20. The van der Waals surface area contributed by atoms with E-state index in [1.54, 1.807) is 9.34 Å². The molecular formula is C21H41NOSn. The molecule has 0 fully saturated rings. The van der Waals surface area contributed by atoms with Crippen molar-refractivity contribution in [2.75, 3.05) is 20.6 Å². The first-order valence-electron chi connectivity index (χ1n) is 10.3. The van der Waals surface area contributed by atoms with Crippen LogP contribution in [0.5, 0.6) is 0 Å². The Morgan fingerprint density at radius 2 is 1.42 bits per heavy atom. The average molecular weight is 442 g/mol. The molecule has 1 rings (SSSR count). The van der Waals surface area contributed by atoms with Gasteiger partial charge in [0.15, 0.2) is 0 Å². The van der Waals surface area contributed by atoms with Gasteiger partial charge >= 0.3 is 155 Å². The van der Waals surface area contributed by atoms with Crippen molar-refractivity contribution in [1.29, 1.82) is 0 Å². The molecule has 24 heavy (non-hydrogen) atoms. The van der Waals surface area contributed by atoms with Crippen LogP contribution in [0.25, 0.3) is 0 Å². The fourth-order valence-corrected chi connectivity index (χ4v) is 20.2. The van der Waals surface area contributed by atoms with Gasteiger partial charge in [-0.15, -0.1) is 0 Å². The Balaban J connectivity index is 2.99. The van der Waals surface area contributed by atoms with E-state index in [-0.39, 0.29) is 0 Å². The van der Waals surface area contributed by atoms with Crippen molar-refractivity contribution < 1.29 is 4.42 Å². The Kier molecular flexibility index (Phi) is 11.4. The molecule has 140 valence electrons. The maximum absolute atomic E-state index is 6.26. The summed E-state index contributed by atoms with van der Waals surface area (Å²) < 4.78 is 12.3. The summed E-state index contributed by atoms with van der Waals surface area (Å²) in [6.07, 6.45) is 12.6. The number of furan rings is 1. The predicted molar refractivity (Wildman–Crippen MR) is 110 cm³/mol. The number of nitrogens with zero attached hydrogens (tertiary/aromatic N) is 1. The molecule has 0 saturated carbocycles. The molecule has 3 heteroatoms. The Hall–Kier alpha value is 0.0387. The Labute approximate surface area is 155 Å². The van der Waals surface area contributed by atoms with E-state index in [4.69, 9.17) is 4.42 Å². The van der Waals surface area contributed by atoms with Gasteiger partial charge in [-0.05, 0) is 0 Å². The molecule has 0 atom stereocenters. The molecule has 0 amide bonds. The molecule has 0 saturated heterocycles. The fourth-order valence-electron chi connectivity index (χ4n) is 3.84. The van der Waals surface area contributed by atoms with Crippen LogP contribution in [0.3, 0.4) is 0 Å². The van der Waals surface area contributed by atoms with Crippen molar-refractivity contribution >= 4 is 22.2 Å². The fraction of sp³-hybridized carbons (Fsp3) is 0.810. The molecule has 0 bridgehead atoms. The third kappa shape index (κ3) is 7.11. The van der Waals surface area contributed by atoms with E-state index >= 15 is 0 Å². The van der Waals surface area contributed by atoms with Crippen molar-refractivity contribution in [3.05, 3.63) is 17.9 Å². The first kappa shape index (κ1) is 22.1. The van der Waals surface area contributed by atoms with Crippen molar-refractivity contribution in [3.8, 4) is 0 Å². The molecule has 0 radical (unpaired) electrons. The first-order chi connectivity index (χ1) is 11.6. The first-order valence-corrected chi connectivity index (χ1v) is 17.8. The van der Waals surface area contributed by atoms with E-state index in [0.717, 1.165) is 0 Å². The van der Waals surface area contributed by atoms with Crippen molar-refractivity contribution in [3.63, 3.8) is 0 Å². The molecule has 0 N–H and O–H groups in total. The molecule has 2 nitrogen and oxygen atoms in total. The van der Waals surface area contributed by atoms with Gasteiger partial charge in [0.25, 0.3) is 0 Å². The molecule has 0 aliphatic heterocycles. The number of rotatable bonds is 14. The molecule has 1 aromatic heterocycles. The standard InChI is InChI=1S/C9H14NO.3C4H9.Sn/c1-10(2)6-3-4-9-5-7-11-8-9;3*1-3-4-2;/h5,7H,3-4,6H2,1-2H3;3*1,3-4H2,2H3;. The number of hydrogen-bond acceptors (Lipinski definition) is 2. The van der Waals surface area contributed by atoms with Crippen LogP contribution in [-0.2, 0) is 6.42 Å². The molecule has 0 spiro atoms. The van der Waals surface area contributed by atoms with Crippen LogP contribution in [0, 0.1) is 0 Å². The Morgan fingerprint density at radius 1 is 0.875 bits per heavy atom. The van der Waals surface area contributed by atoms with Gasteiger partial charge in [-0.2, -0.15) is 0 Å². The van der Waals surface area contributed by atoms with Crippen molar-refractivity contribution in [2.45, 2.75) is 85.4 Å². The molecule has 1 heterocycles. The van der Waals surface area contributed by atoms with Gasteiger partial charge in [0.2, 0.25) is 0 Å². The minimum atomic E-state index is -2.39. The summed E-state index contributed by atoms with van der Waals surface area (Å²) in [5, 5.41) is 0. The topological polar surface area (TPSA) is 16.4 Å². The number of hydrogen-bond donors (Lipinski definition) is 0. The van der Waals surface area contributed by atoms with E-state index < -0.39 is 18.4 Å². The molecule has 0 aliphatic rings. The summed E-state index contributed by atoms with van der Waals surface area (Å²) >= 11 is -2.39. The van der Waals surface area contributed by atoms with Gasteiger partial charge in [-0.25, -0.2) is 0 Å². The molecule has 0 aromatic carbocycles. The van der Waals surface area contributed by atoms with Gasteiger partial charge in [-0.3, -0.25) is 0 Å². The second-order valence-electron chi connectivity index (χ2n) is 7.77. The second kappa shape index (κ2) is 12.4. The van der Waals surface area contributed by atoms with Crippen LogP contribution in [-0.4, -0.2) is 43.9 Å². The molecule has 1 aromatic rings. The monoisotopic (exact) mass is 443 g/mol. The number of aryl methyl sites for hydroxylation is 1. The third-order valence-electron chi connectivity index (χ3n) is 5.31. The van der Waals surface area contributed by atoms with Gasteiger partial charge in [0, 0.05) is 0 Å². The Morgan fingerprint density at radius 3 is 1.88 bits per heavy atom. The maximum atomic E-state index is 6.26. The van der Waals surface area contributed by atoms with E-state index in [1.807, 2.05) is 6.26 Å². The van der Waals surface area contributed by atoms with Gasteiger partial charge in [0.1, 0.15) is 0 Å². The van der Waals surface area contributed by atoms with Gasteiger partial charge in [-0.1, -0.05) is 0 Å². The van der Waals surface area contributed by atoms with Crippen LogP contribution in [0.15, 0.2) is 16.7 Å². The zero-order valence-electron chi connectivity index (χ0n) is 17.0.